The summed E-state index contributed by atoms with van der Waals surface area (Å²) in [4.78, 5) is 17.7. The normalized spacial score (nSPS) is 12.5. The zero-order valence-corrected chi connectivity index (χ0v) is 14.8. The van der Waals surface area contributed by atoms with Gasteiger partial charge in [0, 0.05) is 17.3 Å². The maximum absolute atomic E-state index is 12.4. The van der Waals surface area contributed by atoms with Crippen LogP contribution in [-0.2, 0) is 13.0 Å². The van der Waals surface area contributed by atoms with Crippen LogP contribution in [0.3, 0.4) is 0 Å². The highest BCUT2D eigenvalue weighted by molar-refractivity contribution is 7.09. The lowest BCUT2D eigenvalue weighted by atomic mass is 10.1. The number of benzene rings is 1. The lowest BCUT2D eigenvalue weighted by Gasteiger charge is -2.06. The van der Waals surface area contributed by atoms with E-state index in [1.165, 1.54) is 11.3 Å². The van der Waals surface area contributed by atoms with Crippen molar-refractivity contribution < 1.29 is 4.52 Å². The van der Waals surface area contributed by atoms with E-state index in [1.807, 2.05) is 44.3 Å². The van der Waals surface area contributed by atoms with Crippen LogP contribution in [0.15, 0.2) is 39.6 Å². The van der Waals surface area contributed by atoms with Gasteiger partial charge in [0.1, 0.15) is 6.54 Å². The average Bonchev–Trinajstić information content (AvgIpc) is 3.12. The molecule has 0 radical (unpaired) electrons. The molecule has 6 nitrogen and oxygen atoms in total. The van der Waals surface area contributed by atoms with Crippen LogP contribution in [0.5, 0.6) is 0 Å². The van der Waals surface area contributed by atoms with E-state index < -0.39 is 0 Å². The maximum atomic E-state index is 12.4. The number of aromatic nitrogens is 3. The minimum atomic E-state index is -0.0188. The molecule has 7 heteroatoms. The van der Waals surface area contributed by atoms with E-state index in [4.69, 9.17) is 4.52 Å². The topological polar surface area (TPSA) is 73.0 Å². The Morgan fingerprint density at radius 3 is 2.79 bits per heavy atom. The summed E-state index contributed by atoms with van der Waals surface area (Å²) in [6, 6.07) is 10.1. The van der Waals surface area contributed by atoms with Crippen LogP contribution in [0.4, 0.5) is 0 Å². The fourth-order valence-electron chi connectivity index (χ4n) is 2.56. The zero-order valence-electron chi connectivity index (χ0n) is 13.9. The van der Waals surface area contributed by atoms with Crippen LogP contribution in [-0.4, -0.2) is 27.8 Å². The highest BCUT2D eigenvalue weighted by Crippen LogP contribution is 2.25. The molecule has 0 aliphatic heterocycles. The van der Waals surface area contributed by atoms with Gasteiger partial charge >= 0.3 is 4.87 Å². The summed E-state index contributed by atoms with van der Waals surface area (Å²) in [5.74, 6) is 1.10. The fraction of sp³-hybridized carbons (Fsp3) is 0.353. The van der Waals surface area contributed by atoms with Crippen LogP contribution >= 0.6 is 11.3 Å². The molecule has 24 heavy (non-hydrogen) atoms. The molecular formula is C17H20N4O2S. The van der Waals surface area contributed by atoms with Gasteiger partial charge in [0.05, 0.1) is 5.69 Å². The second kappa shape index (κ2) is 7.11. The monoisotopic (exact) mass is 344 g/mol. The van der Waals surface area contributed by atoms with Crippen molar-refractivity contribution in [3.63, 3.8) is 0 Å². The van der Waals surface area contributed by atoms with E-state index >= 15 is 0 Å². The first-order valence-corrected chi connectivity index (χ1v) is 8.64. The molecular weight excluding hydrogens is 324 g/mol. The number of nitrogens with one attached hydrogen (secondary N) is 1. The summed E-state index contributed by atoms with van der Waals surface area (Å²) < 4.78 is 7.03. The van der Waals surface area contributed by atoms with Crippen molar-refractivity contribution in [1.82, 2.24) is 20.0 Å². The van der Waals surface area contributed by atoms with Gasteiger partial charge in [-0.05, 0) is 26.5 Å². The Bertz CT molecular complexity index is 866. The van der Waals surface area contributed by atoms with Gasteiger partial charge in [-0.3, -0.25) is 9.36 Å². The third-order valence-corrected chi connectivity index (χ3v) is 4.79. The van der Waals surface area contributed by atoms with Gasteiger partial charge < -0.3 is 9.84 Å². The highest BCUT2D eigenvalue weighted by Gasteiger charge is 2.17. The third kappa shape index (κ3) is 3.47. The second-order valence-corrected chi connectivity index (χ2v) is 6.89. The molecule has 2 aromatic heterocycles. The van der Waals surface area contributed by atoms with Gasteiger partial charge in [0.15, 0.2) is 5.82 Å². The van der Waals surface area contributed by atoms with Crippen molar-refractivity contribution in [2.24, 2.45) is 0 Å². The standard InChI is InChI=1S/C17H20N4O2S/c1-11(18-3)9-14-19-15(23-20-14)10-21-16(12(2)24-17(21)22)13-7-5-4-6-8-13/h4-8,11,18H,9-10H2,1-3H3. The number of nitrogens with zero attached hydrogens (tertiary/aromatic N) is 3. The van der Waals surface area contributed by atoms with Gasteiger partial charge in [-0.15, -0.1) is 0 Å². The second-order valence-electron chi connectivity index (χ2n) is 5.72. The van der Waals surface area contributed by atoms with Crippen molar-refractivity contribution in [1.29, 1.82) is 0 Å². The molecule has 0 saturated heterocycles. The molecule has 0 spiro atoms. The SMILES string of the molecule is CNC(C)Cc1noc(Cn2c(-c3ccccc3)c(C)sc2=O)n1. The summed E-state index contributed by atoms with van der Waals surface area (Å²) >= 11 is 1.24. The number of rotatable bonds is 6. The molecule has 0 bridgehead atoms. The molecule has 1 aromatic carbocycles. The summed E-state index contributed by atoms with van der Waals surface area (Å²) in [6.45, 7) is 4.29. The Hall–Kier alpha value is -2.25. The van der Waals surface area contributed by atoms with Crippen molar-refractivity contribution in [3.05, 3.63) is 56.6 Å². The van der Waals surface area contributed by atoms with Crippen molar-refractivity contribution in [2.45, 2.75) is 32.9 Å². The molecule has 0 saturated carbocycles. The largest absolute Gasteiger partial charge is 0.337 e. The molecule has 0 fully saturated rings. The van der Waals surface area contributed by atoms with Crippen LogP contribution < -0.4 is 10.2 Å². The molecule has 126 valence electrons. The highest BCUT2D eigenvalue weighted by atomic mass is 32.1. The van der Waals surface area contributed by atoms with Gasteiger partial charge in [-0.2, -0.15) is 4.98 Å². The first kappa shape index (κ1) is 16.6. The predicted molar refractivity (Wildman–Crippen MR) is 94.4 cm³/mol. The van der Waals surface area contributed by atoms with Crippen LogP contribution in [0, 0.1) is 6.92 Å². The minimum absolute atomic E-state index is 0.0188. The fourth-order valence-corrected chi connectivity index (χ4v) is 3.42. The van der Waals surface area contributed by atoms with Gasteiger partial charge in [0.2, 0.25) is 5.89 Å². The van der Waals surface area contributed by atoms with Crippen molar-refractivity contribution in [3.8, 4) is 11.3 Å². The van der Waals surface area contributed by atoms with E-state index in [9.17, 15) is 4.79 Å². The Morgan fingerprint density at radius 2 is 2.08 bits per heavy atom. The van der Waals surface area contributed by atoms with Crippen LogP contribution in [0.25, 0.3) is 11.3 Å². The van der Waals surface area contributed by atoms with Crippen LogP contribution in [0.1, 0.15) is 23.5 Å². The van der Waals surface area contributed by atoms with E-state index in [0.29, 0.717) is 18.1 Å². The van der Waals surface area contributed by atoms with Gasteiger partial charge in [0.25, 0.3) is 0 Å². The number of hydrogen-bond acceptors (Lipinski definition) is 6. The van der Waals surface area contributed by atoms with Gasteiger partial charge in [-0.25, -0.2) is 0 Å². The zero-order chi connectivity index (χ0) is 17.1. The third-order valence-electron chi connectivity index (χ3n) is 3.90. The Labute approximate surface area is 144 Å². The van der Waals surface area contributed by atoms with E-state index in [0.717, 1.165) is 16.1 Å². The maximum Gasteiger partial charge on any atom is 0.308 e. The predicted octanol–water partition coefficient (Wildman–Crippen LogP) is 2.47. The van der Waals surface area contributed by atoms with E-state index in [-0.39, 0.29) is 17.5 Å². The molecule has 1 unspecified atom stereocenters. The smallest absolute Gasteiger partial charge is 0.308 e. The summed E-state index contributed by atoms with van der Waals surface area (Å²) in [5.41, 5.74) is 1.92. The van der Waals surface area contributed by atoms with Gasteiger partial charge in [-0.1, -0.05) is 46.8 Å². The van der Waals surface area contributed by atoms with Crippen molar-refractivity contribution in [2.75, 3.05) is 7.05 Å². The minimum Gasteiger partial charge on any atom is -0.337 e. The van der Waals surface area contributed by atoms with E-state index in [2.05, 4.69) is 22.4 Å². The number of hydrogen-bond donors (Lipinski definition) is 1. The Morgan fingerprint density at radius 1 is 1.33 bits per heavy atom. The molecule has 0 amide bonds. The molecule has 3 aromatic rings. The molecule has 1 atom stereocenters. The van der Waals surface area contributed by atoms with E-state index in [1.54, 1.807) is 4.57 Å². The van der Waals surface area contributed by atoms with Crippen molar-refractivity contribution >= 4 is 11.3 Å². The summed E-state index contributed by atoms with van der Waals surface area (Å²) in [7, 11) is 1.89. The summed E-state index contributed by atoms with van der Waals surface area (Å²) in [6.07, 6.45) is 0.684. The molecule has 3 rings (SSSR count). The first-order chi connectivity index (χ1) is 11.6. The molecule has 1 N–H and O–H groups in total. The quantitative estimate of drug-likeness (QED) is 0.744. The number of likely N-dealkylation sites (N-methyl/N-ethyl adjacent to an activating group) is 1. The Balaban J connectivity index is 1.90. The first-order valence-electron chi connectivity index (χ1n) is 7.83. The number of aryl methyl sites for hydroxylation is 1. The average molecular weight is 344 g/mol. The molecule has 0 aliphatic rings. The van der Waals surface area contributed by atoms with Crippen LogP contribution in [0.2, 0.25) is 0 Å². The Kier molecular flexibility index (Phi) is 4.92. The summed E-state index contributed by atoms with van der Waals surface area (Å²) in [5, 5.41) is 7.14. The number of thiazole rings is 1. The molecule has 2 heterocycles. The molecule has 0 aliphatic carbocycles. The lowest BCUT2D eigenvalue weighted by molar-refractivity contribution is 0.364. The lowest BCUT2D eigenvalue weighted by Crippen LogP contribution is -2.24.